The summed E-state index contributed by atoms with van der Waals surface area (Å²) in [5, 5.41) is 0. The molecule has 3 heteroatoms. The average Bonchev–Trinajstić information content (AvgIpc) is 2.14. The van der Waals surface area contributed by atoms with Crippen LogP contribution in [0.4, 0.5) is 0 Å². The maximum absolute atomic E-state index is 3.10. The molecule has 0 amide bonds. The lowest BCUT2D eigenvalue weighted by Gasteiger charge is -2.26. The second-order valence-electron chi connectivity index (χ2n) is 3.31. The van der Waals surface area contributed by atoms with Crippen molar-refractivity contribution in [3.8, 4) is 0 Å². The van der Waals surface area contributed by atoms with Crippen molar-refractivity contribution in [3.63, 3.8) is 0 Å². The second kappa shape index (κ2) is 6.75. The molecule has 1 rings (SSSR count). The van der Waals surface area contributed by atoms with Gasteiger partial charge in [0.05, 0.1) is 0 Å². The lowest BCUT2D eigenvalue weighted by Crippen LogP contribution is -2.30. The number of hydrogen-bond acceptors (Lipinski definition) is 3. The summed E-state index contributed by atoms with van der Waals surface area (Å²) in [5.74, 6) is 1.24. The van der Waals surface area contributed by atoms with Gasteiger partial charge in [-0.1, -0.05) is 18.4 Å². The van der Waals surface area contributed by atoms with Crippen LogP contribution in [0.5, 0.6) is 0 Å². The Morgan fingerprint density at radius 3 is 2.67 bits per heavy atom. The van der Waals surface area contributed by atoms with Gasteiger partial charge in [0.15, 0.2) is 0 Å². The fraction of sp³-hybridized carbons (Fsp3) is 1.00. The second-order valence-corrected chi connectivity index (χ2v) is 4.41. The van der Waals surface area contributed by atoms with Gasteiger partial charge in [-0.25, -0.2) is 0 Å². The van der Waals surface area contributed by atoms with Gasteiger partial charge in [-0.05, 0) is 45.9 Å². The van der Waals surface area contributed by atoms with E-state index < -0.39 is 0 Å². The van der Waals surface area contributed by atoms with Crippen molar-refractivity contribution in [1.82, 2.24) is 9.62 Å². The molecule has 0 radical (unpaired) electrons. The summed E-state index contributed by atoms with van der Waals surface area (Å²) in [6.07, 6.45) is 5.60. The minimum absolute atomic E-state index is 1.24. The molecule has 0 saturated carbocycles. The van der Waals surface area contributed by atoms with Crippen LogP contribution in [0, 0.1) is 0 Å². The largest absolute Gasteiger partial charge is 0.303 e. The summed E-state index contributed by atoms with van der Waals surface area (Å²) in [6, 6.07) is 0. The molecule has 0 spiro atoms. The summed E-state index contributed by atoms with van der Waals surface area (Å²) in [7, 11) is 1.99. The van der Waals surface area contributed by atoms with Crippen LogP contribution in [0.2, 0.25) is 0 Å². The van der Waals surface area contributed by atoms with E-state index in [1.165, 1.54) is 51.1 Å². The Balaban J connectivity index is 1.91. The van der Waals surface area contributed by atoms with Crippen molar-refractivity contribution >= 4 is 11.9 Å². The maximum Gasteiger partial charge on any atom is 0.00907 e. The molecule has 0 aromatic carbocycles. The van der Waals surface area contributed by atoms with Crippen LogP contribution < -0.4 is 4.72 Å². The van der Waals surface area contributed by atoms with Crippen molar-refractivity contribution in [2.24, 2.45) is 0 Å². The van der Waals surface area contributed by atoms with Crippen LogP contribution in [-0.2, 0) is 0 Å². The zero-order chi connectivity index (χ0) is 8.65. The van der Waals surface area contributed by atoms with Crippen molar-refractivity contribution in [2.75, 3.05) is 32.4 Å². The van der Waals surface area contributed by atoms with Crippen LogP contribution in [0.1, 0.15) is 25.7 Å². The summed E-state index contributed by atoms with van der Waals surface area (Å²) < 4.78 is 3.10. The predicted molar refractivity (Wildman–Crippen MR) is 56.4 cm³/mol. The topological polar surface area (TPSA) is 15.3 Å². The standard InChI is InChI=1S/C9H20N2S/c1-10-12-9-5-8-11-6-3-2-4-7-11/h10H,2-9H2,1H3. The van der Waals surface area contributed by atoms with Crippen molar-refractivity contribution in [1.29, 1.82) is 0 Å². The normalized spacial score (nSPS) is 19.8. The Labute approximate surface area is 80.2 Å². The van der Waals surface area contributed by atoms with Crippen LogP contribution in [0.3, 0.4) is 0 Å². The Hall–Kier alpha value is 0.270. The van der Waals surface area contributed by atoms with E-state index in [0.717, 1.165) is 0 Å². The van der Waals surface area contributed by atoms with E-state index in [-0.39, 0.29) is 0 Å². The Kier molecular flexibility index (Phi) is 5.82. The minimum atomic E-state index is 1.24. The predicted octanol–water partition coefficient (Wildman–Crippen LogP) is 1.73. The fourth-order valence-corrected chi connectivity index (χ4v) is 2.12. The van der Waals surface area contributed by atoms with E-state index in [1.807, 2.05) is 19.0 Å². The third kappa shape index (κ3) is 4.33. The Bertz CT molecular complexity index is 103. The Morgan fingerprint density at radius 1 is 1.25 bits per heavy atom. The van der Waals surface area contributed by atoms with Gasteiger partial charge in [0.1, 0.15) is 0 Å². The highest BCUT2D eigenvalue weighted by Crippen LogP contribution is 2.09. The van der Waals surface area contributed by atoms with Crippen LogP contribution >= 0.6 is 11.9 Å². The third-order valence-corrected chi connectivity index (χ3v) is 3.10. The van der Waals surface area contributed by atoms with E-state index in [2.05, 4.69) is 9.62 Å². The van der Waals surface area contributed by atoms with Gasteiger partial charge in [0, 0.05) is 5.75 Å². The SMILES string of the molecule is CNSCCCN1CCCCC1. The first-order valence-electron chi connectivity index (χ1n) is 4.94. The molecule has 12 heavy (non-hydrogen) atoms. The molecule has 0 unspecified atom stereocenters. The molecule has 1 N–H and O–H groups in total. The smallest absolute Gasteiger partial charge is 0.00907 e. The minimum Gasteiger partial charge on any atom is -0.303 e. The molecule has 1 heterocycles. The summed E-state index contributed by atoms with van der Waals surface area (Å²) >= 11 is 1.82. The first kappa shape index (κ1) is 10.4. The average molecular weight is 188 g/mol. The quantitative estimate of drug-likeness (QED) is 0.522. The molecule has 2 nitrogen and oxygen atoms in total. The molecule has 0 aromatic rings. The molecular weight excluding hydrogens is 168 g/mol. The molecule has 72 valence electrons. The number of likely N-dealkylation sites (tertiary alicyclic amines) is 1. The first-order chi connectivity index (χ1) is 5.93. The van der Waals surface area contributed by atoms with Crippen LogP contribution in [-0.4, -0.2) is 37.3 Å². The van der Waals surface area contributed by atoms with E-state index >= 15 is 0 Å². The van der Waals surface area contributed by atoms with Gasteiger partial charge in [-0.15, -0.1) is 0 Å². The zero-order valence-corrected chi connectivity index (χ0v) is 8.83. The van der Waals surface area contributed by atoms with Gasteiger partial charge in [0.25, 0.3) is 0 Å². The summed E-state index contributed by atoms with van der Waals surface area (Å²) in [5.41, 5.74) is 0. The molecule has 0 aromatic heterocycles. The monoisotopic (exact) mass is 188 g/mol. The van der Waals surface area contributed by atoms with Crippen molar-refractivity contribution in [2.45, 2.75) is 25.7 Å². The number of nitrogens with one attached hydrogen (secondary N) is 1. The fourth-order valence-electron chi connectivity index (χ4n) is 1.65. The molecule has 1 aliphatic heterocycles. The van der Waals surface area contributed by atoms with E-state index in [1.54, 1.807) is 0 Å². The summed E-state index contributed by atoms with van der Waals surface area (Å²) in [6.45, 7) is 3.98. The van der Waals surface area contributed by atoms with Gasteiger partial charge < -0.3 is 4.90 Å². The Morgan fingerprint density at radius 2 is 2.00 bits per heavy atom. The maximum atomic E-state index is 3.10. The molecule has 1 fully saturated rings. The lowest BCUT2D eigenvalue weighted by atomic mass is 10.1. The van der Waals surface area contributed by atoms with E-state index in [9.17, 15) is 0 Å². The van der Waals surface area contributed by atoms with Gasteiger partial charge >= 0.3 is 0 Å². The zero-order valence-electron chi connectivity index (χ0n) is 8.01. The highest BCUT2D eigenvalue weighted by molar-refractivity contribution is 7.97. The van der Waals surface area contributed by atoms with Gasteiger partial charge in [-0.3, -0.25) is 4.72 Å². The highest BCUT2D eigenvalue weighted by Gasteiger charge is 2.08. The molecule has 0 bridgehead atoms. The van der Waals surface area contributed by atoms with Gasteiger partial charge in [0.2, 0.25) is 0 Å². The molecule has 0 atom stereocenters. The molecule has 0 aliphatic carbocycles. The molecular formula is C9H20N2S. The number of rotatable bonds is 5. The van der Waals surface area contributed by atoms with Gasteiger partial charge in [-0.2, -0.15) is 0 Å². The number of hydrogen-bond donors (Lipinski definition) is 1. The highest BCUT2D eigenvalue weighted by atomic mass is 32.2. The van der Waals surface area contributed by atoms with E-state index in [0.29, 0.717) is 0 Å². The molecule has 1 saturated heterocycles. The third-order valence-electron chi connectivity index (χ3n) is 2.31. The molecule has 1 aliphatic rings. The number of nitrogens with zero attached hydrogens (tertiary/aromatic N) is 1. The van der Waals surface area contributed by atoms with Crippen molar-refractivity contribution in [3.05, 3.63) is 0 Å². The summed E-state index contributed by atoms with van der Waals surface area (Å²) in [4.78, 5) is 2.60. The first-order valence-corrected chi connectivity index (χ1v) is 5.93. The van der Waals surface area contributed by atoms with Crippen LogP contribution in [0.15, 0.2) is 0 Å². The van der Waals surface area contributed by atoms with Crippen molar-refractivity contribution < 1.29 is 0 Å². The van der Waals surface area contributed by atoms with E-state index in [4.69, 9.17) is 0 Å². The lowest BCUT2D eigenvalue weighted by molar-refractivity contribution is 0.230. The number of piperidine rings is 1. The van der Waals surface area contributed by atoms with Crippen LogP contribution in [0.25, 0.3) is 0 Å².